The molecular formula is C19H17BrN2. The molecule has 0 unspecified atom stereocenters. The van der Waals surface area contributed by atoms with Crippen LogP contribution in [0.15, 0.2) is 58.0 Å². The molecule has 3 aromatic rings. The Hall–Kier alpha value is -1.87. The van der Waals surface area contributed by atoms with Crippen LogP contribution in [-0.2, 0) is 13.0 Å². The molecule has 110 valence electrons. The van der Waals surface area contributed by atoms with E-state index in [1.807, 2.05) is 6.07 Å². The molecule has 1 aromatic heterocycles. The molecule has 2 aromatic carbocycles. The van der Waals surface area contributed by atoms with E-state index in [-0.39, 0.29) is 0 Å². The molecule has 22 heavy (non-hydrogen) atoms. The third-order valence-corrected chi connectivity index (χ3v) is 4.79. The normalized spacial score (nSPS) is 16.1. The molecule has 0 fully saturated rings. The van der Waals surface area contributed by atoms with Crippen molar-refractivity contribution < 1.29 is 0 Å². The first-order valence-corrected chi connectivity index (χ1v) is 8.48. The van der Waals surface area contributed by atoms with Crippen LogP contribution in [0.2, 0.25) is 0 Å². The van der Waals surface area contributed by atoms with Gasteiger partial charge in [-0.15, -0.1) is 0 Å². The number of aliphatic imine (C=N–C) groups is 1. The van der Waals surface area contributed by atoms with Gasteiger partial charge in [0.05, 0.1) is 18.0 Å². The van der Waals surface area contributed by atoms with Crippen molar-refractivity contribution in [1.82, 2.24) is 4.98 Å². The van der Waals surface area contributed by atoms with Gasteiger partial charge in [-0.3, -0.25) is 4.99 Å². The highest BCUT2D eigenvalue weighted by molar-refractivity contribution is 9.10. The van der Waals surface area contributed by atoms with Crippen LogP contribution in [-0.4, -0.2) is 10.7 Å². The zero-order valence-electron chi connectivity index (χ0n) is 12.3. The largest absolute Gasteiger partial charge is 0.353 e. The number of benzene rings is 2. The molecular weight excluding hydrogens is 336 g/mol. The molecule has 1 heterocycles. The summed E-state index contributed by atoms with van der Waals surface area (Å²) in [6, 6.07) is 16.9. The Bertz CT molecular complexity index is 847. The van der Waals surface area contributed by atoms with Gasteiger partial charge in [0.15, 0.2) is 0 Å². The lowest BCUT2D eigenvalue weighted by Crippen LogP contribution is -2.11. The van der Waals surface area contributed by atoms with E-state index >= 15 is 0 Å². The number of halogens is 1. The van der Waals surface area contributed by atoms with E-state index in [0.717, 1.165) is 23.9 Å². The topological polar surface area (TPSA) is 28.1 Å². The summed E-state index contributed by atoms with van der Waals surface area (Å²) in [5.74, 6) is 0. The smallest absolute Gasteiger partial charge is 0.0643 e. The van der Waals surface area contributed by atoms with Crippen molar-refractivity contribution in [3.8, 4) is 0 Å². The number of hydrogen-bond acceptors (Lipinski definition) is 1. The van der Waals surface area contributed by atoms with Gasteiger partial charge >= 0.3 is 0 Å². The number of rotatable bonds is 2. The standard InChI is InChI=1S/C19H17BrN2/c20-14-9-10-17-16(11-14)15-7-4-8-18(19(15)22-17)21-12-13-5-2-1-3-6-13/h1-3,5-6,9-11,22H,4,7-8,12H2. The summed E-state index contributed by atoms with van der Waals surface area (Å²) in [5.41, 5.74) is 6.37. The first kappa shape index (κ1) is 13.8. The summed E-state index contributed by atoms with van der Waals surface area (Å²) in [7, 11) is 0. The van der Waals surface area contributed by atoms with E-state index in [1.165, 1.54) is 39.9 Å². The molecule has 4 rings (SSSR count). The van der Waals surface area contributed by atoms with Crippen LogP contribution in [0.1, 0.15) is 29.7 Å². The molecule has 1 aliphatic carbocycles. The van der Waals surface area contributed by atoms with Crippen molar-refractivity contribution in [1.29, 1.82) is 0 Å². The second-order valence-corrected chi connectivity index (χ2v) is 6.69. The van der Waals surface area contributed by atoms with Gasteiger partial charge in [-0.1, -0.05) is 46.3 Å². The Balaban J connectivity index is 1.74. The van der Waals surface area contributed by atoms with E-state index in [1.54, 1.807) is 0 Å². The predicted molar refractivity (Wildman–Crippen MR) is 95.6 cm³/mol. The fourth-order valence-corrected chi connectivity index (χ4v) is 3.57. The maximum Gasteiger partial charge on any atom is 0.0643 e. The van der Waals surface area contributed by atoms with Gasteiger partial charge in [-0.25, -0.2) is 0 Å². The number of H-pyrrole nitrogens is 1. The summed E-state index contributed by atoms with van der Waals surface area (Å²) in [4.78, 5) is 8.46. The molecule has 0 saturated carbocycles. The Morgan fingerprint density at radius 3 is 2.77 bits per heavy atom. The van der Waals surface area contributed by atoms with Crippen LogP contribution in [0.3, 0.4) is 0 Å². The minimum atomic E-state index is 0.759. The number of hydrogen-bond donors (Lipinski definition) is 1. The monoisotopic (exact) mass is 352 g/mol. The third-order valence-electron chi connectivity index (χ3n) is 4.29. The molecule has 0 bridgehead atoms. The molecule has 0 saturated heterocycles. The van der Waals surface area contributed by atoms with Crippen molar-refractivity contribution in [2.45, 2.75) is 25.8 Å². The van der Waals surface area contributed by atoms with E-state index in [2.05, 4.69) is 63.4 Å². The fraction of sp³-hybridized carbons (Fsp3) is 0.211. The van der Waals surface area contributed by atoms with Crippen LogP contribution >= 0.6 is 15.9 Å². The Morgan fingerprint density at radius 1 is 1.05 bits per heavy atom. The number of aromatic amines is 1. The van der Waals surface area contributed by atoms with Crippen LogP contribution in [0, 0.1) is 0 Å². The Morgan fingerprint density at radius 2 is 1.91 bits per heavy atom. The first-order chi connectivity index (χ1) is 10.8. The highest BCUT2D eigenvalue weighted by atomic mass is 79.9. The van der Waals surface area contributed by atoms with Gasteiger partial charge < -0.3 is 4.98 Å². The van der Waals surface area contributed by atoms with Gasteiger partial charge in [0, 0.05) is 15.4 Å². The van der Waals surface area contributed by atoms with Gasteiger partial charge in [0.25, 0.3) is 0 Å². The summed E-state index contributed by atoms with van der Waals surface area (Å²) in [6.07, 6.45) is 3.38. The Labute approximate surface area is 138 Å². The lowest BCUT2D eigenvalue weighted by Gasteiger charge is -2.14. The lowest BCUT2D eigenvalue weighted by molar-refractivity contribution is 0.833. The zero-order valence-corrected chi connectivity index (χ0v) is 13.9. The number of nitrogens with zero attached hydrogens (tertiary/aromatic N) is 1. The predicted octanol–water partition coefficient (Wildman–Crippen LogP) is 5.26. The second-order valence-electron chi connectivity index (χ2n) is 5.77. The molecule has 1 N–H and O–H groups in total. The zero-order chi connectivity index (χ0) is 14.9. The van der Waals surface area contributed by atoms with Crippen LogP contribution < -0.4 is 0 Å². The van der Waals surface area contributed by atoms with Gasteiger partial charge in [0.2, 0.25) is 0 Å². The Kier molecular flexibility index (Phi) is 3.59. The minimum absolute atomic E-state index is 0.759. The van der Waals surface area contributed by atoms with E-state index in [0.29, 0.717) is 0 Å². The van der Waals surface area contributed by atoms with Crippen LogP contribution in [0.5, 0.6) is 0 Å². The highest BCUT2D eigenvalue weighted by Crippen LogP contribution is 2.31. The van der Waals surface area contributed by atoms with Crippen molar-refractivity contribution in [3.05, 3.63) is 69.8 Å². The molecule has 0 aliphatic heterocycles. The average Bonchev–Trinajstić information content (AvgIpc) is 2.92. The van der Waals surface area contributed by atoms with Crippen LogP contribution in [0.4, 0.5) is 0 Å². The van der Waals surface area contributed by atoms with Crippen molar-refractivity contribution in [2.75, 3.05) is 0 Å². The minimum Gasteiger partial charge on any atom is -0.353 e. The molecule has 1 aliphatic rings. The van der Waals surface area contributed by atoms with Crippen molar-refractivity contribution in [2.24, 2.45) is 4.99 Å². The number of fused-ring (bicyclic) bond motifs is 3. The third kappa shape index (κ3) is 2.50. The lowest BCUT2D eigenvalue weighted by atomic mass is 9.94. The van der Waals surface area contributed by atoms with E-state index in [9.17, 15) is 0 Å². The van der Waals surface area contributed by atoms with Crippen LogP contribution in [0.25, 0.3) is 10.9 Å². The fourth-order valence-electron chi connectivity index (χ4n) is 3.21. The van der Waals surface area contributed by atoms with Gasteiger partial charge in [-0.05, 0) is 48.6 Å². The quantitative estimate of drug-likeness (QED) is 0.651. The summed E-state index contributed by atoms with van der Waals surface area (Å²) >= 11 is 3.58. The maximum absolute atomic E-state index is 4.89. The molecule has 3 heteroatoms. The summed E-state index contributed by atoms with van der Waals surface area (Å²) in [5, 5.41) is 1.33. The average molecular weight is 353 g/mol. The second kappa shape index (κ2) is 5.73. The number of nitrogens with one attached hydrogen (secondary N) is 1. The maximum atomic E-state index is 4.89. The van der Waals surface area contributed by atoms with Crippen molar-refractivity contribution in [3.63, 3.8) is 0 Å². The SMILES string of the molecule is Brc1ccc2[nH]c3c(c2c1)CCCC3=NCc1ccccc1. The number of aryl methyl sites for hydroxylation is 1. The molecule has 0 spiro atoms. The molecule has 0 atom stereocenters. The molecule has 2 nitrogen and oxygen atoms in total. The first-order valence-electron chi connectivity index (χ1n) is 7.69. The molecule has 0 radical (unpaired) electrons. The number of aromatic nitrogens is 1. The van der Waals surface area contributed by atoms with Gasteiger partial charge in [0.1, 0.15) is 0 Å². The summed E-state index contributed by atoms with van der Waals surface area (Å²) < 4.78 is 1.13. The highest BCUT2D eigenvalue weighted by Gasteiger charge is 2.20. The summed E-state index contributed by atoms with van der Waals surface area (Å²) in [6.45, 7) is 0.759. The van der Waals surface area contributed by atoms with E-state index < -0.39 is 0 Å². The van der Waals surface area contributed by atoms with Crippen molar-refractivity contribution >= 4 is 32.5 Å². The van der Waals surface area contributed by atoms with E-state index in [4.69, 9.17) is 4.99 Å². The van der Waals surface area contributed by atoms with Gasteiger partial charge in [-0.2, -0.15) is 0 Å². The molecule has 0 amide bonds.